The number of anilines is 1. The quantitative estimate of drug-likeness (QED) is 0.781. The van der Waals surface area contributed by atoms with Crippen LogP contribution in [0, 0.1) is 0 Å². The van der Waals surface area contributed by atoms with Crippen LogP contribution in [0.15, 0.2) is 21.1 Å². The van der Waals surface area contributed by atoms with Crippen molar-refractivity contribution in [1.29, 1.82) is 0 Å². The smallest absolute Gasteiger partial charge is 0.268 e. The van der Waals surface area contributed by atoms with Gasteiger partial charge in [0.1, 0.15) is 5.75 Å². The molecule has 2 aliphatic rings. The lowest BCUT2D eigenvalue weighted by Gasteiger charge is -2.43. The van der Waals surface area contributed by atoms with Crippen molar-refractivity contribution in [3.63, 3.8) is 0 Å². The predicted octanol–water partition coefficient (Wildman–Crippen LogP) is 3.47. The fourth-order valence-corrected chi connectivity index (χ4v) is 2.70. The first-order chi connectivity index (χ1) is 7.61. The average molecular weight is 347 g/mol. The summed E-state index contributed by atoms with van der Waals surface area (Å²) in [6, 6.07) is 3.74. The van der Waals surface area contributed by atoms with E-state index in [1.165, 1.54) is 0 Å². The van der Waals surface area contributed by atoms with Crippen molar-refractivity contribution in [3.8, 4) is 5.75 Å². The first-order valence-corrected chi connectivity index (χ1v) is 6.69. The number of carbonyl (C=O) groups excluding carboxylic acids is 1. The number of fused-ring (bicyclic) bond motifs is 1. The monoisotopic (exact) mass is 345 g/mol. The lowest BCUT2D eigenvalue weighted by molar-refractivity contribution is -0.139. The summed E-state index contributed by atoms with van der Waals surface area (Å²) in [6.45, 7) is 0. The van der Waals surface area contributed by atoms with Gasteiger partial charge in [-0.2, -0.15) is 0 Å². The molecule has 0 unspecified atom stereocenters. The molecular weight excluding hydrogens is 338 g/mol. The molecule has 0 aromatic heterocycles. The molecule has 1 N–H and O–H groups in total. The number of benzene rings is 1. The second-order valence-corrected chi connectivity index (χ2v) is 5.88. The molecule has 1 fully saturated rings. The molecule has 0 radical (unpaired) electrons. The molecule has 3 rings (SSSR count). The van der Waals surface area contributed by atoms with Crippen molar-refractivity contribution in [3.05, 3.63) is 21.1 Å². The number of amides is 1. The van der Waals surface area contributed by atoms with Crippen LogP contribution in [0.4, 0.5) is 5.69 Å². The van der Waals surface area contributed by atoms with Crippen molar-refractivity contribution in [2.75, 3.05) is 5.32 Å². The molecule has 1 heterocycles. The van der Waals surface area contributed by atoms with E-state index in [4.69, 9.17) is 4.74 Å². The number of hydrogen-bond acceptors (Lipinski definition) is 2. The molecule has 84 valence electrons. The van der Waals surface area contributed by atoms with Crippen molar-refractivity contribution in [2.45, 2.75) is 24.9 Å². The Bertz CT molecular complexity index is 483. The Morgan fingerprint density at radius 2 is 1.94 bits per heavy atom. The largest absolute Gasteiger partial charge is 0.475 e. The van der Waals surface area contributed by atoms with Crippen LogP contribution in [0.1, 0.15) is 19.3 Å². The predicted molar refractivity (Wildman–Crippen MR) is 67.7 cm³/mol. The highest BCUT2D eigenvalue weighted by atomic mass is 79.9. The van der Waals surface area contributed by atoms with Gasteiger partial charge >= 0.3 is 0 Å². The Morgan fingerprint density at radius 1 is 1.25 bits per heavy atom. The van der Waals surface area contributed by atoms with Gasteiger partial charge in [0.05, 0.1) is 5.69 Å². The van der Waals surface area contributed by atoms with Gasteiger partial charge in [0.2, 0.25) is 0 Å². The fraction of sp³-hybridized carbons (Fsp3) is 0.364. The molecule has 0 atom stereocenters. The molecule has 1 aromatic rings. The SMILES string of the molecule is O=C1Nc2cc(Br)c(Br)cc2OC12CCC2. The average Bonchev–Trinajstić information content (AvgIpc) is 2.17. The van der Waals surface area contributed by atoms with Crippen LogP contribution >= 0.6 is 31.9 Å². The number of nitrogens with one attached hydrogen (secondary N) is 1. The molecule has 1 aromatic carbocycles. The van der Waals surface area contributed by atoms with Gasteiger partial charge in [-0.1, -0.05) is 0 Å². The maximum atomic E-state index is 11.9. The fourth-order valence-electron chi connectivity index (χ4n) is 2.03. The Morgan fingerprint density at radius 3 is 2.56 bits per heavy atom. The zero-order chi connectivity index (χ0) is 11.3. The topological polar surface area (TPSA) is 38.3 Å². The standard InChI is InChI=1S/C11H9Br2NO2/c12-6-4-8-9(5-7(6)13)16-11(2-1-3-11)10(15)14-8/h4-5H,1-3H2,(H,14,15). The molecule has 0 saturated heterocycles. The van der Waals surface area contributed by atoms with Gasteiger partial charge < -0.3 is 10.1 Å². The number of carbonyl (C=O) groups is 1. The van der Waals surface area contributed by atoms with E-state index in [0.29, 0.717) is 0 Å². The van der Waals surface area contributed by atoms with Crippen LogP contribution in [0.5, 0.6) is 5.75 Å². The van der Waals surface area contributed by atoms with Crippen LogP contribution in [-0.4, -0.2) is 11.5 Å². The molecule has 1 spiro atoms. The lowest BCUT2D eigenvalue weighted by atomic mass is 9.78. The van der Waals surface area contributed by atoms with Crippen LogP contribution in [0.3, 0.4) is 0 Å². The zero-order valence-corrected chi connectivity index (χ0v) is 11.5. The molecule has 1 aliphatic heterocycles. The molecule has 1 aliphatic carbocycles. The minimum absolute atomic E-state index is 0.0135. The van der Waals surface area contributed by atoms with E-state index < -0.39 is 5.60 Å². The van der Waals surface area contributed by atoms with Crippen LogP contribution in [-0.2, 0) is 4.79 Å². The molecule has 0 bridgehead atoms. The Balaban J connectivity index is 2.05. The van der Waals surface area contributed by atoms with Gasteiger partial charge in [-0.25, -0.2) is 0 Å². The van der Waals surface area contributed by atoms with E-state index in [1.54, 1.807) is 0 Å². The number of hydrogen-bond donors (Lipinski definition) is 1. The van der Waals surface area contributed by atoms with E-state index in [0.717, 1.165) is 39.6 Å². The second-order valence-electron chi connectivity index (χ2n) is 4.17. The highest BCUT2D eigenvalue weighted by Gasteiger charge is 2.49. The van der Waals surface area contributed by atoms with Crippen LogP contribution < -0.4 is 10.1 Å². The highest BCUT2D eigenvalue weighted by Crippen LogP contribution is 2.45. The number of ether oxygens (including phenoxy) is 1. The minimum atomic E-state index is -0.597. The van der Waals surface area contributed by atoms with Crippen molar-refractivity contribution < 1.29 is 9.53 Å². The summed E-state index contributed by atoms with van der Waals surface area (Å²) in [4.78, 5) is 11.9. The summed E-state index contributed by atoms with van der Waals surface area (Å²) in [5, 5.41) is 2.91. The third kappa shape index (κ3) is 1.41. The van der Waals surface area contributed by atoms with Crippen LogP contribution in [0.25, 0.3) is 0 Å². The van der Waals surface area contributed by atoms with E-state index in [9.17, 15) is 4.79 Å². The number of rotatable bonds is 0. The Hall–Kier alpha value is -0.550. The molecule has 3 nitrogen and oxygen atoms in total. The van der Waals surface area contributed by atoms with E-state index >= 15 is 0 Å². The van der Waals surface area contributed by atoms with E-state index in [1.807, 2.05) is 12.1 Å². The maximum Gasteiger partial charge on any atom is 0.268 e. The first kappa shape index (κ1) is 10.6. The summed E-state index contributed by atoms with van der Waals surface area (Å²) in [7, 11) is 0. The summed E-state index contributed by atoms with van der Waals surface area (Å²) >= 11 is 6.83. The lowest BCUT2D eigenvalue weighted by Crippen LogP contribution is -2.55. The van der Waals surface area contributed by atoms with Gasteiger partial charge in [0, 0.05) is 8.95 Å². The Labute approximate surface area is 110 Å². The number of halogens is 2. The molecule has 1 saturated carbocycles. The zero-order valence-electron chi connectivity index (χ0n) is 8.35. The van der Waals surface area contributed by atoms with Gasteiger partial charge in [-0.3, -0.25) is 4.79 Å². The molecule has 1 amide bonds. The summed E-state index contributed by atoms with van der Waals surface area (Å²) in [5.74, 6) is 0.731. The summed E-state index contributed by atoms with van der Waals surface area (Å²) < 4.78 is 7.67. The normalized spacial score (nSPS) is 20.8. The first-order valence-electron chi connectivity index (χ1n) is 5.10. The van der Waals surface area contributed by atoms with E-state index in [-0.39, 0.29) is 5.91 Å². The summed E-state index contributed by atoms with van der Waals surface area (Å²) in [6.07, 6.45) is 2.68. The maximum absolute atomic E-state index is 11.9. The van der Waals surface area contributed by atoms with Crippen molar-refractivity contribution in [2.24, 2.45) is 0 Å². The van der Waals surface area contributed by atoms with Gasteiger partial charge in [0.15, 0.2) is 5.60 Å². The van der Waals surface area contributed by atoms with Crippen LogP contribution in [0.2, 0.25) is 0 Å². The third-order valence-corrected chi connectivity index (χ3v) is 5.00. The molecule has 5 heteroatoms. The summed E-state index contributed by atoms with van der Waals surface area (Å²) in [5.41, 5.74) is 0.137. The minimum Gasteiger partial charge on any atom is -0.475 e. The Kier molecular flexibility index (Phi) is 2.30. The van der Waals surface area contributed by atoms with Gasteiger partial charge in [-0.05, 0) is 63.3 Å². The third-order valence-electron chi connectivity index (χ3n) is 3.15. The van der Waals surface area contributed by atoms with Crippen molar-refractivity contribution in [1.82, 2.24) is 0 Å². The molecule has 16 heavy (non-hydrogen) atoms. The molecular formula is C11H9Br2NO2. The second kappa shape index (κ2) is 3.47. The van der Waals surface area contributed by atoms with Gasteiger partial charge in [-0.15, -0.1) is 0 Å². The highest BCUT2D eigenvalue weighted by molar-refractivity contribution is 9.13. The van der Waals surface area contributed by atoms with Crippen molar-refractivity contribution >= 4 is 43.5 Å². The van der Waals surface area contributed by atoms with Gasteiger partial charge in [0.25, 0.3) is 5.91 Å². The van der Waals surface area contributed by atoms with E-state index in [2.05, 4.69) is 37.2 Å².